The quantitative estimate of drug-likeness (QED) is 0.822. The van der Waals surface area contributed by atoms with Gasteiger partial charge in [0.2, 0.25) is 5.91 Å². The molecular formula is C12H19N3OS. The van der Waals surface area contributed by atoms with Gasteiger partial charge in [0.25, 0.3) is 0 Å². The fourth-order valence-electron chi connectivity index (χ4n) is 2.05. The van der Waals surface area contributed by atoms with E-state index in [1.807, 2.05) is 17.5 Å². The van der Waals surface area contributed by atoms with Crippen LogP contribution >= 0.6 is 11.3 Å². The van der Waals surface area contributed by atoms with Crippen LogP contribution in [-0.2, 0) is 4.79 Å². The molecule has 17 heavy (non-hydrogen) atoms. The maximum Gasteiger partial charge on any atom is 0.242 e. The van der Waals surface area contributed by atoms with Gasteiger partial charge in [-0.25, -0.2) is 0 Å². The number of rotatable bonds is 5. The summed E-state index contributed by atoms with van der Waals surface area (Å²) in [6.45, 7) is 3.94. The van der Waals surface area contributed by atoms with Crippen molar-refractivity contribution in [2.24, 2.45) is 5.73 Å². The van der Waals surface area contributed by atoms with Gasteiger partial charge in [-0.05, 0) is 37.4 Å². The summed E-state index contributed by atoms with van der Waals surface area (Å²) in [7, 11) is 0. The average molecular weight is 253 g/mol. The third-order valence-electron chi connectivity index (χ3n) is 3.06. The first kappa shape index (κ1) is 12.5. The molecule has 0 aliphatic carbocycles. The Labute approximate surface area is 106 Å². The summed E-state index contributed by atoms with van der Waals surface area (Å²) in [5.74, 6) is -0.0772. The number of nitrogens with one attached hydrogen (secondary N) is 1. The van der Waals surface area contributed by atoms with E-state index in [0.29, 0.717) is 6.54 Å². The lowest BCUT2D eigenvalue weighted by molar-refractivity contribution is -0.122. The summed E-state index contributed by atoms with van der Waals surface area (Å²) in [6, 6.07) is 3.29. The lowest BCUT2D eigenvalue weighted by Crippen LogP contribution is -2.38. The van der Waals surface area contributed by atoms with Gasteiger partial charge < -0.3 is 16.0 Å². The molecule has 3 N–H and O–H groups in total. The lowest BCUT2D eigenvalue weighted by Gasteiger charge is -2.16. The van der Waals surface area contributed by atoms with Crippen LogP contribution in [0.15, 0.2) is 17.5 Å². The topological polar surface area (TPSA) is 58.4 Å². The molecule has 1 aromatic heterocycles. The molecule has 1 amide bonds. The van der Waals surface area contributed by atoms with Crippen molar-refractivity contribution in [3.63, 3.8) is 0 Å². The summed E-state index contributed by atoms with van der Waals surface area (Å²) in [5.41, 5.74) is 5.86. The van der Waals surface area contributed by atoms with Crippen molar-refractivity contribution in [2.45, 2.75) is 18.9 Å². The second-order valence-corrected chi connectivity index (χ2v) is 5.31. The van der Waals surface area contributed by atoms with Crippen LogP contribution in [0, 0.1) is 0 Å². The molecule has 1 fully saturated rings. The first-order valence-electron chi connectivity index (χ1n) is 6.06. The molecule has 4 nitrogen and oxygen atoms in total. The highest BCUT2D eigenvalue weighted by Crippen LogP contribution is 2.16. The predicted molar refractivity (Wildman–Crippen MR) is 69.9 cm³/mol. The molecule has 1 saturated heterocycles. The zero-order valence-electron chi connectivity index (χ0n) is 9.89. The van der Waals surface area contributed by atoms with Crippen LogP contribution in [0.25, 0.3) is 0 Å². The van der Waals surface area contributed by atoms with Crippen LogP contribution in [-0.4, -0.2) is 37.0 Å². The minimum Gasteiger partial charge on any atom is -0.353 e. The van der Waals surface area contributed by atoms with E-state index in [1.165, 1.54) is 24.2 Å². The smallest absolute Gasteiger partial charge is 0.242 e. The van der Waals surface area contributed by atoms with Gasteiger partial charge in [0, 0.05) is 18.0 Å². The zero-order chi connectivity index (χ0) is 12.1. The first-order chi connectivity index (χ1) is 8.27. The molecule has 0 saturated carbocycles. The van der Waals surface area contributed by atoms with Crippen molar-refractivity contribution in [1.82, 2.24) is 10.2 Å². The molecule has 1 atom stereocenters. The summed E-state index contributed by atoms with van der Waals surface area (Å²) in [4.78, 5) is 15.1. The van der Waals surface area contributed by atoms with Crippen LogP contribution in [0.4, 0.5) is 0 Å². The number of hydrogen-bond acceptors (Lipinski definition) is 4. The van der Waals surface area contributed by atoms with Gasteiger partial charge in [0.15, 0.2) is 0 Å². The summed E-state index contributed by atoms with van der Waals surface area (Å²) >= 11 is 1.52. The van der Waals surface area contributed by atoms with Gasteiger partial charge in [-0.1, -0.05) is 6.07 Å². The molecule has 1 aromatic rings. The standard InChI is InChI=1S/C12H19N3OS/c13-11(10-4-3-9-17-10)12(16)14-5-8-15-6-1-2-7-15/h3-4,9,11H,1-2,5-8,13H2,(H,14,16). The first-order valence-corrected chi connectivity index (χ1v) is 6.94. The SMILES string of the molecule is NC(C(=O)NCCN1CCCC1)c1cccs1. The van der Waals surface area contributed by atoms with Crippen molar-refractivity contribution in [3.8, 4) is 0 Å². The maximum atomic E-state index is 11.8. The second kappa shape index (κ2) is 6.14. The zero-order valence-corrected chi connectivity index (χ0v) is 10.7. The van der Waals surface area contributed by atoms with Gasteiger partial charge in [0.05, 0.1) is 0 Å². The van der Waals surface area contributed by atoms with E-state index in [-0.39, 0.29) is 5.91 Å². The Morgan fingerprint density at radius 3 is 2.94 bits per heavy atom. The van der Waals surface area contributed by atoms with Gasteiger partial charge >= 0.3 is 0 Å². The van der Waals surface area contributed by atoms with Crippen LogP contribution in [0.1, 0.15) is 23.8 Å². The third kappa shape index (κ3) is 3.52. The normalized spacial score (nSPS) is 18.2. The highest BCUT2D eigenvalue weighted by molar-refractivity contribution is 7.10. The monoisotopic (exact) mass is 253 g/mol. The fourth-order valence-corrected chi connectivity index (χ4v) is 2.78. The second-order valence-electron chi connectivity index (χ2n) is 4.33. The van der Waals surface area contributed by atoms with Crippen molar-refractivity contribution in [3.05, 3.63) is 22.4 Å². The highest BCUT2D eigenvalue weighted by atomic mass is 32.1. The van der Waals surface area contributed by atoms with Gasteiger partial charge in [0.1, 0.15) is 6.04 Å². The molecule has 0 spiro atoms. The Kier molecular flexibility index (Phi) is 4.53. The van der Waals surface area contributed by atoms with Crippen molar-refractivity contribution in [1.29, 1.82) is 0 Å². The minimum atomic E-state index is -0.520. The van der Waals surface area contributed by atoms with E-state index in [2.05, 4.69) is 10.2 Å². The van der Waals surface area contributed by atoms with E-state index in [9.17, 15) is 4.79 Å². The molecule has 1 unspecified atom stereocenters. The highest BCUT2D eigenvalue weighted by Gasteiger charge is 2.17. The van der Waals surface area contributed by atoms with Crippen LogP contribution in [0.2, 0.25) is 0 Å². The van der Waals surface area contributed by atoms with Crippen LogP contribution < -0.4 is 11.1 Å². The third-order valence-corrected chi connectivity index (χ3v) is 4.01. The molecule has 2 rings (SSSR count). The predicted octanol–water partition coefficient (Wildman–Crippen LogP) is 0.960. The van der Waals surface area contributed by atoms with E-state index in [1.54, 1.807) is 0 Å². The Hall–Kier alpha value is -0.910. The number of thiophene rings is 1. The molecule has 94 valence electrons. The number of nitrogens with zero attached hydrogens (tertiary/aromatic N) is 1. The number of amides is 1. The summed E-state index contributed by atoms with van der Waals surface area (Å²) in [6.07, 6.45) is 2.56. The van der Waals surface area contributed by atoms with E-state index in [0.717, 1.165) is 24.5 Å². The fraction of sp³-hybridized carbons (Fsp3) is 0.583. The van der Waals surface area contributed by atoms with Crippen LogP contribution in [0.3, 0.4) is 0 Å². The number of hydrogen-bond donors (Lipinski definition) is 2. The van der Waals surface area contributed by atoms with E-state index >= 15 is 0 Å². The van der Waals surface area contributed by atoms with Crippen molar-refractivity contribution >= 4 is 17.2 Å². The molecule has 1 aliphatic rings. The maximum absolute atomic E-state index is 11.8. The number of nitrogens with two attached hydrogens (primary N) is 1. The molecule has 1 aliphatic heterocycles. The largest absolute Gasteiger partial charge is 0.353 e. The van der Waals surface area contributed by atoms with Crippen molar-refractivity contribution < 1.29 is 4.79 Å². The van der Waals surface area contributed by atoms with Crippen LogP contribution in [0.5, 0.6) is 0 Å². The van der Waals surface area contributed by atoms with Gasteiger partial charge in [-0.2, -0.15) is 0 Å². The molecule has 5 heteroatoms. The Morgan fingerprint density at radius 2 is 2.29 bits per heavy atom. The Bertz CT molecular complexity index is 347. The number of carbonyl (C=O) groups is 1. The Balaban J connectivity index is 1.69. The molecule has 0 bridgehead atoms. The summed E-state index contributed by atoms with van der Waals surface area (Å²) in [5, 5.41) is 4.84. The van der Waals surface area contributed by atoms with Crippen molar-refractivity contribution in [2.75, 3.05) is 26.2 Å². The minimum absolute atomic E-state index is 0.0772. The Morgan fingerprint density at radius 1 is 1.53 bits per heavy atom. The summed E-state index contributed by atoms with van der Waals surface area (Å²) < 4.78 is 0. The molecule has 2 heterocycles. The molecular weight excluding hydrogens is 234 g/mol. The number of carbonyl (C=O) groups excluding carboxylic acids is 1. The molecule has 0 radical (unpaired) electrons. The molecule has 0 aromatic carbocycles. The van der Waals surface area contributed by atoms with E-state index in [4.69, 9.17) is 5.73 Å². The lowest BCUT2D eigenvalue weighted by atomic mass is 10.2. The van der Waals surface area contributed by atoms with Gasteiger partial charge in [-0.15, -0.1) is 11.3 Å². The number of likely N-dealkylation sites (tertiary alicyclic amines) is 1. The van der Waals surface area contributed by atoms with Gasteiger partial charge in [-0.3, -0.25) is 4.79 Å². The average Bonchev–Trinajstić information content (AvgIpc) is 3.00. The van der Waals surface area contributed by atoms with E-state index < -0.39 is 6.04 Å².